The zero-order chi connectivity index (χ0) is 18.8. The molecule has 0 aromatic heterocycles. The predicted molar refractivity (Wildman–Crippen MR) is 104 cm³/mol. The molecule has 2 amide bonds. The highest BCUT2D eigenvalue weighted by Crippen LogP contribution is 2.65. The van der Waals surface area contributed by atoms with Crippen LogP contribution in [0.2, 0.25) is 0 Å². The molecule has 4 nitrogen and oxygen atoms in total. The first-order chi connectivity index (χ1) is 13.7. The fourth-order valence-electron chi connectivity index (χ4n) is 5.64. The number of benzene rings is 2. The Hall–Kier alpha value is -2.88. The first-order valence-corrected chi connectivity index (χ1v) is 10.1. The lowest BCUT2D eigenvalue weighted by molar-refractivity contribution is -0.124. The molecule has 1 heterocycles. The van der Waals surface area contributed by atoms with E-state index in [-0.39, 0.29) is 35.5 Å². The van der Waals surface area contributed by atoms with E-state index in [0.717, 1.165) is 11.3 Å². The molecule has 1 aliphatic heterocycles. The van der Waals surface area contributed by atoms with Crippen LogP contribution in [0.5, 0.6) is 5.75 Å². The van der Waals surface area contributed by atoms with Crippen LogP contribution in [0.4, 0.5) is 5.69 Å². The van der Waals surface area contributed by atoms with Gasteiger partial charge in [-0.25, -0.2) is 0 Å². The van der Waals surface area contributed by atoms with E-state index in [2.05, 4.69) is 12.2 Å². The molecule has 0 spiro atoms. The molecule has 0 N–H and O–H groups in total. The third-order valence-corrected chi connectivity index (χ3v) is 7.01. The summed E-state index contributed by atoms with van der Waals surface area (Å²) in [5.41, 5.74) is 1.76. The summed E-state index contributed by atoms with van der Waals surface area (Å²) in [7, 11) is 0. The van der Waals surface area contributed by atoms with Crippen LogP contribution in [0.3, 0.4) is 0 Å². The molecule has 28 heavy (non-hydrogen) atoms. The lowest BCUT2D eigenvalue weighted by atomic mass is 9.63. The van der Waals surface area contributed by atoms with Crippen molar-refractivity contribution in [1.82, 2.24) is 0 Å². The van der Waals surface area contributed by atoms with Crippen LogP contribution in [-0.2, 0) is 16.2 Å². The molecule has 4 heteroatoms. The normalized spacial score (nSPS) is 34.4. The van der Waals surface area contributed by atoms with Crippen LogP contribution in [0.15, 0.2) is 66.7 Å². The summed E-state index contributed by atoms with van der Waals surface area (Å²) in [5.74, 6) is 2.16. The number of carbonyl (C=O) groups is 2. The molecule has 0 radical (unpaired) electrons. The van der Waals surface area contributed by atoms with E-state index in [0.29, 0.717) is 24.1 Å². The first-order valence-electron chi connectivity index (χ1n) is 10.1. The standard InChI is InChI=1S/C24H21NO3/c26-23-21-17-10-11-18(20-12-19(17)20)22(21)24(27)25(23)15-6-8-16(9-7-15)28-13-14-4-2-1-3-5-14/h1-11,17-22H,12-13H2/t17-,18-,19-,20+,21-,22+/m0/s1. The minimum atomic E-state index is -0.153. The van der Waals surface area contributed by atoms with Gasteiger partial charge in [0.1, 0.15) is 12.4 Å². The van der Waals surface area contributed by atoms with Crippen LogP contribution in [0, 0.1) is 35.5 Å². The number of imide groups is 1. The Kier molecular flexibility index (Phi) is 3.34. The molecule has 4 aliphatic carbocycles. The molecule has 1 saturated heterocycles. The third-order valence-electron chi connectivity index (χ3n) is 7.01. The van der Waals surface area contributed by atoms with Gasteiger partial charge in [0.2, 0.25) is 11.8 Å². The maximum atomic E-state index is 13.1. The Morgan fingerprint density at radius 1 is 0.821 bits per heavy atom. The van der Waals surface area contributed by atoms with Crippen molar-refractivity contribution < 1.29 is 14.3 Å². The monoisotopic (exact) mass is 371 g/mol. The summed E-state index contributed by atoms with van der Waals surface area (Å²) in [6.45, 7) is 0.490. The van der Waals surface area contributed by atoms with E-state index in [4.69, 9.17) is 4.74 Å². The quantitative estimate of drug-likeness (QED) is 0.606. The van der Waals surface area contributed by atoms with Crippen molar-refractivity contribution in [2.24, 2.45) is 35.5 Å². The number of amides is 2. The van der Waals surface area contributed by atoms with Crippen LogP contribution >= 0.6 is 0 Å². The number of nitrogens with zero attached hydrogens (tertiary/aromatic N) is 1. The van der Waals surface area contributed by atoms with Crippen molar-refractivity contribution >= 4 is 17.5 Å². The van der Waals surface area contributed by atoms with Crippen LogP contribution in [0.1, 0.15) is 12.0 Å². The number of hydrogen-bond acceptors (Lipinski definition) is 3. The average molecular weight is 371 g/mol. The van der Waals surface area contributed by atoms with E-state index in [1.165, 1.54) is 11.3 Å². The fourth-order valence-corrected chi connectivity index (χ4v) is 5.64. The second kappa shape index (κ2) is 5.81. The van der Waals surface area contributed by atoms with Gasteiger partial charge in [-0.1, -0.05) is 42.5 Å². The summed E-state index contributed by atoms with van der Waals surface area (Å²) < 4.78 is 5.82. The van der Waals surface area contributed by atoms with Gasteiger partial charge >= 0.3 is 0 Å². The van der Waals surface area contributed by atoms with E-state index in [1.54, 1.807) is 0 Å². The maximum Gasteiger partial charge on any atom is 0.238 e. The summed E-state index contributed by atoms with van der Waals surface area (Å²) in [4.78, 5) is 27.7. The Bertz CT molecular complexity index is 945. The Morgan fingerprint density at radius 2 is 1.43 bits per heavy atom. The summed E-state index contributed by atoms with van der Waals surface area (Å²) in [6, 6.07) is 17.3. The van der Waals surface area contributed by atoms with Crippen molar-refractivity contribution in [3.63, 3.8) is 0 Å². The number of ether oxygens (including phenoxy) is 1. The number of rotatable bonds is 4. The van der Waals surface area contributed by atoms with E-state index in [1.807, 2.05) is 54.6 Å². The third kappa shape index (κ3) is 2.24. The maximum absolute atomic E-state index is 13.1. The Balaban J connectivity index is 1.22. The van der Waals surface area contributed by atoms with Gasteiger partial charge in [0.25, 0.3) is 0 Å². The Labute approximate surface area is 163 Å². The lowest BCUT2D eigenvalue weighted by Gasteiger charge is -2.37. The highest BCUT2D eigenvalue weighted by atomic mass is 16.5. The molecule has 7 rings (SSSR count). The molecule has 2 aromatic rings. The summed E-state index contributed by atoms with van der Waals surface area (Å²) >= 11 is 0. The highest BCUT2D eigenvalue weighted by Gasteiger charge is 2.67. The van der Waals surface area contributed by atoms with E-state index < -0.39 is 0 Å². The lowest BCUT2D eigenvalue weighted by Crippen LogP contribution is -2.40. The highest BCUT2D eigenvalue weighted by molar-refractivity contribution is 6.22. The smallest absolute Gasteiger partial charge is 0.238 e. The van der Waals surface area contributed by atoms with Gasteiger partial charge < -0.3 is 4.74 Å². The van der Waals surface area contributed by atoms with Gasteiger partial charge in [-0.05, 0) is 59.9 Å². The molecule has 2 saturated carbocycles. The molecule has 5 aliphatic rings. The zero-order valence-corrected chi connectivity index (χ0v) is 15.4. The van der Waals surface area contributed by atoms with E-state index >= 15 is 0 Å². The minimum Gasteiger partial charge on any atom is -0.489 e. The van der Waals surface area contributed by atoms with Gasteiger partial charge in [0, 0.05) is 0 Å². The van der Waals surface area contributed by atoms with Crippen LogP contribution in [0.25, 0.3) is 0 Å². The molecule has 6 atom stereocenters. The van der Waals surface area contributed by atoms with Crippen molar-refractivity contribution in [2.45, 2.75) is 13.0 Å². The number of allylic oxidation sites excluding steroid dienone is 2. The molecule has 3 fully saturated rings. The minimum absolute atomic E-state index is 0.0161. The fraction of sp³-hybridized carbons (Fsp3) is 0.333. The molecular formula is C24H21NO3. The van der Waals surface area contributed by atoms with Crippen molar-refractivity contribution in [3.8, 4) is 5.75 Å². The Morgan fingerprint density at radius 3 is 2.04 bits per heavy atom. The SMILES string of the molecule is O=C1[C@@H]2[C@H]3C=C[C@@H]([C@@H]4C[C@H]34)[C@@H]2C(=O)N1c1ccc(OCc2ccccc2)cc1. The zero-order valence-electron chi connectivity index (χ0n) is 15.4. The second-order valence-electron chi connectivity index (χ2n) is 8.43. The predicted octanol–water partition coefficient (Wildman–Crippen LogP) is 3.82. The second-order valence-corrected chi connectivity index (χ2v) is 8.43. The van der Waals surface area contributed by atoms with Crippen LogP contribution < -0.4 is 9.64 Å². The van der Waals surface area contributed by atoms with Gasteiger partial charge in [-0.15, -0.1) is 0 Å². The number of anilines is 1. The largest absolute Gasteiger partial charge is 0.489 e. The van der Waals surface area contributed by atoms with Crippen molar-refractivity contribution in [1.29, 1.82) is 0 Å². The van der Waals surface area contributed by atoms with Gasteiger partial charge in [0.15, 0.2) is 0 Å². The first kappa shape index (κ1) is 16.1. The molecule has 140 valence electrons. The van der Waals surface area contributed by atoms with Gasteiger partial charge in [0.05, 0.1) is 17.5 Å². The van der Waals surface area contributed by atoms with E-state index in [9.17, 15) is 9.59 Å². The summed E-state index contributed by atoms with van der Waals surface area (Å²) in [6.07, 6.45) is 5.59. The van der Waals surface area contributed by atoms with Crippen molar-refractivity contribution in [2.75, 3.05) is 4.90 Å². The number of carbonyl (C=O) groups excluding carboxylic acids is 2. The van der Waals surface area contributed by atoms with Gasteiger partial charge in [-0.3, -0.25) is 14.5 Å². The topological polar surface area (TPSA) is 46.6 Å². The average Bonchev–Trinajstić information content (AvgIpc) is 3.52. The number of hydrogen-bond donors (Lipinski definition) is 0. The molecular weight excluding hydrogens is 350 g/mol. The summed E-state index contributed by atoms with van der Waals surface area (Å²) in [5, 5.41) is 0. The van der Waals surface area contributed by atoms with Gasteiger partial charge in [-0.2, -0.15) is 0 Å². The molecule has 2 aromatic carbocycles. The van der Waals surface area contributed by atoms with Crippen molar-refractivity contribution in [3.05, 3.63) is 72.3 Å². The molecule has 2 bridgehead atoms. The molecule has 0 unspecified atom stereocenters. The van der Waals surface area contributed by atoms with Crippen LogP contribution in [-0.4, -0.2) is 11.8 Å².